The monoisotopic (exact) mass is 631 g/mol. The number of aryl methyl sites for hydroxylation is 1. The van der Waals surface area contributed by atoms with Crippen molar-refractivity contribution in [2.24, 2.45) is 5.41 Å². The molecule has 254 valence electrons. The Hall–Kier alpha value is -3.72. The molecule has 3 heteroatoms. The number of benzene rings is 1. The van der Waals surface area contributed by atoms with E-state index in [2.05, 4.69) is 93.2 Å². The summed E-state index contributed by atoms with van der Waals surface area (Å²) in [6.07, 6.45) is 14.1. The Bertz CT molecular complexity index is 1350. The molecule has 0 fully saturated rings. The third kappa shape index (κ3) is 18.9. The van der Waals surface area contributed by atoms with E-state index in [4.69, 9.17) is 0 Å². The van der Waals surface area contributed by atoms with Crippen LogP contribution in [0.3, 0.4) is 0 Å². The second-order valence-corrected chi connectivity index (χ2v) is 13.2. The van der Waals surface area contributed by atoms with Crippen LogP contribution in [-0.4, -0.2) is 11.4 Å². The summed E-state index contributed by atoms with van der Waals surface area (Å²) in [4.78, 5) is 2.28. The van der Waals surface area contributed by atoms with Crippen LogP contribution in [0, 0.1) is 17.0 Å². The van der Waals surface area contributed by atoms with Crippen molar-refractivity contribution in [3.63, 3.8) is 0 Å². The number of hydrogen-bond donors (Lipinski definition) is 0. The molecule has 1 rings (SSSR count). The Labute approximate surface area is 282 Å². The van der Waals surface area contributed by atoms with Gasteiger partial charge < -0.3 is 4.90 Å². The minimum absolute atomic E-state index is 0.259. The molecule has 0 N–H and O–H groups in total. The molecular weight excluding hydrogens is 568 g/mol. The zero-order valence-corrected chi connectivity index (χ0v) is 31.3. The van der Waals surface area contributed by atoms with Gasteiger partial charge in [-0.15, -0.1) is 0 Å². The van der Waals surface area contributed by atoms with Crippen LogP contribution in [-0.2, 0) is 6.42 Å². The van der Waals surface area contributed by atoms with E-state index in [0.717, 1.165) is 51.7 Å². The van der Waals surface area contributed by atoms with Gasteiger partial charge in [0.25, 0.3) is 0 Å². The Morgan fingerprint density at radius 2 is 1.30 bits per heavy atom. The molecule has 0 spiro atoms. The van der Waals surface area contributed by atoms with Crippen LogP contribution in [0.5, 0.6) is 0 Å². The molecule has 46 heavy (non-hydrogen) atoms. The molecular formula is C43H63F2N. The summed E-state index contributed by atoms with van der Waals surface area (Å²) in [6, 6.07) is 3.98. The molecule has 1 aromatic rings. The van der Waals surface area contributed by atoms with Crippen molar-refractivity contribution in [3.05, 3.63) is 155 Å². The Morgan fingerprint density at radius 1 is 0.783 bits per heavy atom. The number of rotatable bonds is 13. The third-order valence-electron chi connectivity index (χ3n) is 6.79. The molecule has 0 heterocycles. The molecule has 0 amide bonds. The van der Waals surface area contributed by atoms with Crippen molar-refractivity contribution in [1.29, 1.82) is 0 Å². The number of nitrogens with zero attached hydrogens (tertiary/aromatic N) is 1. The summed E-state index contributed by atoms with van der Waals surface area (Å²) in [5.74, 6) is -1.65. The fraction of sp³-hybridized carbons (Fsp3) is 0.395. The number of halogens is 2. The average molecular weight is 632 g/mol. The highest BCUT2D eigenvalue weighted by Gasteiger charge is 2.18. The zero-order chi connectivity index (χ0) is 36.2. The average Bonchev–Trinajstić information content (AvgIpc) is 2.96. The summed E-state index contributed by atoms with van der Waals surface area (Å²) < 4.78 is 26.3. The minimum Gasteiger partial charge on any atom is -0.349 e. The first kappa shape index (κ1) is 44.4. The maximum Gasteiger partial charge on any atom is 0.159 e. The lowest BCUT2D eigenvalue weighted by atomic mass is 9.95. The lowest BCUT2D eigenvalue weighted by molar-refractivity contribution is 0.275. The van der Waals surface area contributed by atoms with Crippen molar-refractivity contribution in [2.75, 3.05) is 6.54 Å². The topological polar surface area (TPSA) is 3.24 Å². The Morgan fingerprint density at radius 3 is 1.72 bits per heavy atom. The molecule has 0 saturated heterocycles. The van der Waals surface area contributed by atoms with E-state index in [1.54, 1.807) is 12.1 Å². The standard InChI is InChI=1S/C25H28F2.C15H27N.C3H8/c1-7-22(14-9-18(3)4)20(6)11-15-23(8-2)19(5)10-12-21-13-16-24(26)25(27)17-21;1-11(2)13(5)14(6)16(12(3)4)10-15(7,8)9;1-3-2/h7-9,11,13-17H,1-2,5,10,12H2,3-4,6H3;1,3,10H2,2,4-9H3;3H2,1-2H3/b20-11+,22-14+,23-15+;14-13-;. The number of allylic oxidation sites excluding steroid dienone is 15. The van der Waals surface area contributed by atoms with Gasteiger partial charge in [-0.25, -0.2) is 8.78 Å². The van der Waals surface area contributed by atoms with Gasteiger partial charge in [-0.05, 0) is 112 Å². The molecule has 0 aliphatic rings. The molecule has 0 bridgehead atoms. The summed E-state index contributed by atoms with van der Waals surface area (Å²) in [5.41, 5.74) is 10.9. The van der Waals surface area contributed by atoms with Crippen LogP contribution in [0.4, 0.5) is 8.78 Å². The van der Waals surface area contributed by atoms with Gasteiger partial charge in [0.15, 0.2) is 11.6 Å². The van der Waals surface area contributed by atoms with Crippen LogP contribution < -0.4 is 0 Å². The van der Waals surface area contributed by atoms with Crippen LogP contribution in [0.2, 0.25) is 0 Å². The first-order valence-corrected chi connectivity index (χ1v) is 16.1. The van der Waals surface area contributed by atoms with Gasteiger partial charge in [-0.1, -0.05) is 128 Å². The van der Waals surface area contributed by atoms with Crippen molar-refractivity contribution in [3.8, 4) is 0 Å². The van der Waals surface area contributed by atoms with Crippen molar-refractivity contribution in [2.45, 2.75) is 102 Å². The van der Waals surface area contributed by atoms with E-state index < -0.39 is 11.6 Å². The van der Waals surface area contributed by atoms with Crippen LogP contribution in [0.25, 0.3) is 0 Å². The lowest BCUT2D eigenvalue weighted by Gasteiger charge is -2.33. The highest BCUT2D eigenvalue weighted by Crippen LogP contribution is 2.25. The fourth-order valence-corrected chi connectivity index (χ4v) is 3.92. The quantitative estimate of drug-likeness (QED) is 0.196. The van der Waals surface area contributed by atoms with Gasteiger partial charge in [0, 0.05) is 17.9 Å². The van der Waals surface area contributed by atoms with Gasteiger partial charge in [0.1, 0.15) is 0 Å². The maximum atomic E-state index is 13.3. The minimum atomic E-state index is -0.830. The molecule has 1 aromatic carbocycles. The highest BCUT2D eigenvalue weighted by molar-refractivity contribution is 5.46. The van der Waals surface area contributed by atoms with Crippen molar-refractivity contribution >= 4 is 0 Å². The lowest BCUT2D eigenvalue weighted by Crippen LogP contribution is -2.30. The van der Waals surface area contributed by atoms with Gasteiger partial charge in [0.05, 0.1) is 0 Å². The maximum absolute atomic E-state index is 13.3. The first-order chi connectivity index (χ1) is 21.3. The molecule has 1 nitrogen and oxygen atoms in total. The van der Waals surface area contributed by atoms with Gasteiger partial charge in [0.2, 0.25) is 0 Å². The smallest absolute Gasteiger partial charge is 0.159 e. The van der Waals surface area contributed by atoms with Crippen molar-refractivity contribution in [1.82, 2.24) is 4.90 Å². The van der Waals surface area contributed by atoms with Crippen LogP contribution in [0.15, 0.2) is 138 Å². The second kappa shape index (κ2) is 22.7. The Kier molecular flexibility index (Phi) is 21.9. The van der Waals surface area contributed by atoms with E-state index >= 15 is 0 Å². The van der Waals surface area contributed by atoms with E-state index in [0.29, 0.717) is 12.8 Å². The van der Waals surface area contributed by atoms with E-state index in [1.807, 2.05) is 58.1 Å². The predicted molar refractivity (Wildman–Crippen MR) is 204 cm³/mol. The number of hydrogen-bond acceptors (Lipinski definition) is 1. The Balaban J connectivity index is 0. The van der Waals surface area contributed by atoms with Gasteiger partial charge in [-0.2, -0.15) is 0 Å². The summed E-state index contributed by atoms with van der Waals surface area (Å²) >= 11 is 0. The molecule has 0 radical (unpaired) electrons. The normalized spacial score (nSPS) is 12.3. The van der Waals surface area contributed by atoms with Crippen molar-refractivity contribution < 1.29 is 8.78 Å². The molecule has 0 atom stereocenters. The van der Waals surface area contributed by atoms with Gasteiger partial charge in [-0.3, -0.25) is 0 Å². The summed E-state index contributed by atoms with van der Waals surface area (Å²) in [5, 5.41) is 0. The first-order valence-electron chi connectivity index (χ1n) is 16.1. The predicted octanol–water partition coefficient (Wildman–Crippen LogP) is 13.7. The summed E-state index contributed by atoms with van der Waals surface area (Å²) in [6.45, 7) is 46.3. The summed E-state index contributed by atoms with van der Waals surface area (Å²) in [7, 11) is 0. The highest BCUT2D eigenvalue weighted by atomic mass is 19.2. The van der Waals surface area contributed by atoms with E-state index in [9.17, 15) is 8.78 Å². The molecule has 0 saturated carbocycles. The molecule has 0 unspecified atom stereocenters. The van der Waals surface area contributed by atoms with E-state index in [1.165, 1.54) is 29.3 Å². The zero-order valence-electron chi connectivity index (χ0n) is 31.3. The molecule has 0 aromatic heterocycles. The van der Waals surface area contributed by atoms with Crippen LogP contribution >= 0.6 is 0 Å². The van der Waals surface area contributed by atoms with Gasteiger partial charge >= 0.3 is 0 Å². The third-order valence-corrected chi connectivity index (χ3v) is 6.79. The molecule has 0 aliphatic carbocycles. The fourth-order valence-electron chi connectivity index (χ4n) is 3.92. The molecule has 0 aliphatic heterocycles. The van der Waals surface area contributed by atoms with E-state index in [-0.39, 0.29) is 5.41 Å². The SMILES string of the molecule is C=C(C)/C(C)=C(/C)N(CC(C)(C)C)C(=C)C.C=C\C(=C/C=C(C)/C(C=C)=C/C=C(C)C)C(=C)CCc1ccc(F)c(F)c1.CCC. The largest absolute Gasteiger partial charge is 0.349 e. The van der Waals surface area contributed by atoms with Crippen LogP contribution in [0.1, 0.15) is 101 Å². The second-order valence-electron chi connectivity index (χ2n) is 13.2.